The second-order valence-corrected chi connectivity index (χ2v) is 3.31. The monoisotopic (exact) mass is 214 g/mol. The molecule has 0 atom stereocenters. The van der Waals surface area contributed by atoms with Gasteiger partial charge in [-0.2, -0.15) is 5.26 Å². The predicted octanol–water partition coefficient (Wildman–Crippen LogP) is 1.76. The molecule has 1 aromatic heterocycles. The lowest BCUT2D eigenvalue weighted by Crippen LogP contribution is -2.26. The van der Waals surface area contributed by atoms with Gasteiger partial charge in [-0.15, -0.1) is 0 Å². The van der Waals surface area contributed by atoms with E-state index in [-0.39, 0.29) is 5.96 Å². The largest absolute Gasteiger partial charge is 0.461 e. The van der Waals surface area contributed by atoms with Crippen LogP contribution < -0.4 is 11.1 Å². The minimum absolute atomic E-state index is 0.0603. The summed E-state index contributed by atoms with van der Waals surface area (Å²) in [5.74, 6) is 0.907. The Morgan fingerprint density at radius 2 is 2.31 bits per heavy atom. The summed E-state index contributed by atoms with van der Waals surface area (Å²) < 4.78 is 5.45. The Bertz CT molecular complexity index is 592. The van der Waals surface area contributed by atoms with Gasteiger partial charge in [-0.25, -0.2) is 4.99 Å². The van der Waals surface area contributed by atoms with Gasteiger partial charge in [0.25, 0.3) is 0 Å². The molecule has 0 aliphatic heterocycles. The first-order chi connectivity index (χ1) is 7.69. The Kier molecular flexibility index (Phi) is 2.48. The number of fused-ring (bicyclic) bond motifs is 1. The molecule has 0 bridgehead atoms. The topological polar surface area (TPSA) is 87.3 Å². The second-order valence-electron chi connectivity index (χ2n) is 3.31. The maximum Gasteiger partial charge on any atom is 0.207 e. The maximum atomic E-state index is 8.35. The molecule has 5 nitrogen and oxygen atoms in total. The van der Waals surface area contributed by atoms with Crippen LogP contribution in [-0.2, 0) is 0 Å². The van der Waals surface area contributed by atoms with E-state index in [1.54, 1.807) is 12.3 Å². The van der Waals surface area contributed by atoms with Gasteiger partial charge in [-0.05, 0) is 25.1 Å². The number of hydrogen-bond acceptors (Lipinski definition) is 3. The van der Waals surface area contributed by atoms with Crippen molar-refractivity contribution >= 4 is 22.6 Å². The van der Waals surface area contributed by atoms with Crippen molar-refractivity contribution in [2.24, 2.45) is 10.7 Å². The molecule has 3 N–H and O–H groups in total. The van der Waals surface area contributed by atoms with Crippen molar-refractivity contribution < 1.29 is 4.42 Å². The van der Waals surface area contributed by atoms with Gasteiger partial charge < -0.3 is 10.2 Å². The van der Waals surface area contributed by atoms with Crippen molar-refractivity contribution in [1.29, 1.82) is 5.26 Å². The number of nitrogens with zero attached hydrogens (tertiary/aromatic N) is 2. The van der Waals surface area contributed by atoms with Crippen LogP contribution in [0.5, 0.6) is 0 Å². The average molecular weight is 214 g/mol. The Morgan fingerprint density at radius 1 is 1.50 bits per heavy atom. The average Bonchev–Trinajstić information content (AvgIpc) is 2.57. The zero-order valence-corrected chi connectivity index (χ0v) is 8.69. The van der Waals surface area contributed by atoms with Gasteiger partial charge >= 0.3 is 0 Å². The van der Waals surface area contributed by atoms with E-state index in [0.29, 0.717) is 5.69 Å². The number of rotatable bonds is 1. The predicted molar refractivity (Wildman–Crippen MR) is 61.0 cm³/mol. The second kappa shape index (κ2) is 3.95. The number of aryl methyl sites for hydroxylation is 1. The van der Waals surface area contributed by atoms with Crippen LogP contribution in [0.3, 0.4) is 0 Å². The van der Waals surface area contributed by atoms with Crippen molar-refractivity contribution in [3.8, 4) is 6.19 Å². The summed E-state index contributed by atoms with van der Waals surface area (Å²) in [5.41, 5.74) is 6.85. The molecule has 1 heterocycles. The molecular weight excluding hydrogens is 204 g/mol. The van der Waals surface area contributed by atoms with Crippen LogP contribution in [0.2, 0.25) is 0 Å². The van der Waals surface area contributed by atoms with E-state index in [2.05, 4.69) is 10.3 Å². The van der Waals surface area contributed by atoms with Crippen LogP contribution in [0.4, 0.5) is 5.69 Å². The van der Waals surface area contributed by atoms with Gasteiger partial charge in [0.15, 0.2) is 6.19 Å². The molecular formula is C11H10N4O. The molecule has 2 rings (SSSR count). The highest BCUT2D eigenvalue weighted by Gasteiger charge is 2.01. The highest BCUT2D eigenvalue weighted by atomic mass is 16.3. The van der Waals surface area contributed by atoms with Crippen molar-refractivity contribution in [1.82, 2.24) is 5.32 Å². The number of benzene rings is 1. The molecule has 5 heteroatoms. The number of nitrogens with two attached hydrogens (primary N) is 1. The first kappa shape index (κ1) is 10.1. The fourth-order valence-corrected chi connectivity index (χ4v) is 1.45. The van der Waals surface area contributed by atoms with Gasteiger partial charge in [0.05, 0.1) is 5.69 Å². The first-order valence-electron chi connectivity index (χ1n) is 4.68. The zero-order chi connectivity index (χ0) is 11.5. The standard InChI is InChI=1S/C11H10N4O/c1-7-4-8-2-3-9(5-10(8)16-7)15-11(13)14-6-12/h2-5H,1H3,(H3,13,14,15). The summed E-state index contributed by atoms with van der Waals surface area (Å²) in [6.45, 7) is 1.88. The van der Waals surface area contributed by atoms with Gasteiger partial charge in [-0.1, -0.05) is 0 Å². The van der Waals surface area contributed by atoms with E-state index >= 15 is 0 Å². The Labute approximate surface area is 92.2 Å². The minimum Gasteiger partial charge on any atom is -0.461 e. The van der Waals surface area contributed by atoms with Crippen LogP contribution in [0.1, 0.15) is 5.76 Å². The van der Waals surface area contributed by atoms with E-state index in [9.17, 15) is 0 Å². The van der Waals surface area contributed by atoms with E-state index in [1.807, 2.05) is 25.1 Å². The number of hydrogen-bond donors (Lipinski definition) is 2. The van der Waals surface area contributed by atoms with Crippen LogP contribution >= 0.6 is 0 Å². The molecule has 1 aromatic carbocycles. The summed E-state index contributed by atoms with van der Waals surface area (Å²) >= 11 is 0. The minimum atomic E-state index is 0.0603. The summed E-state index contributed by atoms with van der Waals surface area (Å²) in [4.78, 5) is 4.01. The van der Waals surface area contributed by atoms with E-state index in [1.165, 1.54) is 0 Å². The number of aliphatic imine (C=N–C) groups is 1. The SMILES string of the molecule is Cc1cc2ccc(N=C(N)NC#N)cc2o1. The van der Waals surface area contributed by atoms with Crippen molar-refractivity contribution in [3.63, 3.8) is 0 Å². The normalized spacial score (nSPS) is 11.4. The summed E-state index contributed by atoms with van der Waals surface area (Å²) in [5, 5.41) is 11.6. The molecule has 0 aliphatic carbocycles. The van der Waals surface area contributed by atoms with Crippen LogP contribution in [0.15, 0.2) is 33.7 Å². The quantitative estimate of drug-likeness (QED) is 0.327. The fraction of sp³-hybridized carbons (Fsp3) is 0.0909. The molecule has 80 valence electrons. The fourth-order valence-electron chi connectivity index (χ4n) is 1.45. The van der Waals surface area contributed by atoms with E-state index < -0.39 is 0 Å². The molecule has 0 fully saturated rings. The molecule has 2 aromatic rings. The molecule has 0 saturated heterocycles. The molecule has 0 unspecified atom stereocenters. The van der Waals surface area contributed by atoms with Crippen LogP contribution in [-0.4, -0.2) is 5.96 Å². The number of nitriles is 1. The van der Waals surface area contributed by atoms with Gasteiger partial charge in [0.2, 0.25) is 5.96 Å². The van der Waals surface area contributed by atoms with E-state index in [0.717, 1.165) is 16.7 Å². The number of nitrogens with one attached hydrogen (secondary N) is 1. The molecule has 0 amide bonds. The third-order valence-corrected chi connectivity index (χ3v) is 2.06. The highest BCUT2D eigenvalue weighted by Crippen LogP contribution is 2.23. The number of furan rings is 1. The lowest BCUT2D eigenvalue weighted by atomic mass is 10.2. The van der Waals surface area contributed by atoms with Crippen molar-refractivity contribution in [2.45, 2.75) is 6.92 Å². The van der Waals surface area contributed by atoms with Crippen molar-refractivity contribution in [3.05, 3.63) is 30.0 Å². The third-order valence-electron chi connectivity index (χ3n) is 2.06. The van der Waals surface area contributed by atoms with Gasteiger partial charge in [0, 0.05) is 11.5 Å². The Morgan fingerprint density at radius 3 is 3.06 bits per heavy atom. The number of guanidine groups is 1. The van der Waals surface area contributed by atoms with Gasteiger partial charge in [0.1, 0.15) is 11.3 Å². The molecule has 0 radical (unpaired) electrons. The molecule has 0 saturated carbocycles. The third kappa shape index (κ3) is 1.96. The van der Waals surface area contributed by atoms with Crippen LogP contribution in [0, 0.1) is 18.4 Å². The van der Waals surface area contributed by atoms with Crippen molar-refractivity contribution in [2.75, 3.05) is 0 Å². The Hall–Kier alpha value is -2.48. The summed E-state index contributed by atoms with van der Waals surface area (Å²) in [6.07, 6.45) is 1.70. The van der Waals surface area contributed by atoms with Gasteiger partial charge in [-0.3, -0.25) is 5.32 Å². The zero-order valence-electron chi connectivity index (χ0n) is 8.69. The first-order valence-corrected chi connectivity index (χ1v) is 4.68. The maximum absolute atomic E-state index is 8.35. The lowest BCUT2D eigenvalue weighted by Gasteiger charge is -1.96. The summed E-state index contributed by atoms with van der Waals surface area (Å²) in [6, 6.07) is 7.42. The van der Waals surface area contributed by atoms with E-state index in [4.69, 9.17) is 15.4 Å². The summed E-state index contributed by atoms with van der Waals surface area (Å²) in [7, 11) is 0. The Balaban J connectivity index is 2.40. The molecule has 0 aliphatic rings. The molecule has 16 heavy (non-hydrogen) atoms. The lowest BCUT2D eigenvalue weighted by molar-refractivity contribution is 0.578. The highest BCUT2D eigenvalue weighted by molar-refractivity contribution is 5.85. The molecule has 0 spiro atoms. The smallest absolute Gasteiger partial charge is 0.207 e. The van der Waals surface area contributed by atoms with Crippen LogP contribution in [0.25, 0.3) is 11.0 Å².